The van der Waals surface area contributed by atoms with Crippen molar-refractivity contribution in [2.45, 2.75) is 13.3 Å². The molecule has 3 aromatic heterocycles. The number of fused-ring (bicyclic) bond motifs is 1. The lowest BCUT2D eigenvalue weighted by Gasteiger charge is -2.08. The Hall–Kier alpha value is -3.25. The summed E-state index contributed by atoms with van der Waals surface area (Å²) in [6, 6.07) is 7.60. The SMILES string of the molecule is Cc1cccc(-c2nc(NCCC#N)nc3sc(C(N)=O)c(N)c23)n1. The number of nitriles is 1. The minimum absolute atomic E-state index is 0.243. The van der Waals surface area contributed by atoms with Crippen molar-refractivity contribution in [3.63, 3.8) is 0 Å². The summed E-state index contributed by atoms with van der Waals surface area (Å²) in [6.07, 6.45) is 0.318. The molecule has 25 heavy (non-hydrogen) atoms. The zero-order valence-electron chi connectivity index (χ0n) is 13.4. The van der Waals surface area contributed by atoms with E-state index in [1.54, 1.807) is 0 Å². The van der Waals surface area contributed by atoms with Crippen LogP contribution in [0.1, 0.15) is 21.8 Å². The summed E-state index contributed by atoms with van der Waals surface area (Å²) < 4.78 is 0. The Balaban J connectivity index is 2.23. The van der Waals surface area contributed by atoms with Crippen LogP contribution in [0.15, 0.2) is 18.2 Å². The topological polar surface area (TPSA) is 144 Å². The zero-order valence-corrected chi connectivity index (χ0v) is 14.2. The van der Waals surface area contributed by atoms with Crippen molar-refractivity contribution in [2.75, 3.05) is 17.6 Å². The number of carbonyl (C=O) groups excluding carboxylic acids is 1. The van der Waals surface area contributed by atoms with Gasteiger partial charge in [-0.2, -0.15) is 5.26 Å². The number of nitrogen functional groups attached to an aromatic ring is 1. The van der Waals surface area contributed by atoms with E-state index in [0.717, 1.165) is 17.0 Å². The van der Waals surface area contributed by atoms with Gasteiger partial charge in [-0.1, -0.05) is 6.07 Å². The predicted molar refractivity (Wildman–Crippen MR) is 97.0 cm³/mol. The smallest absolute Gasteiger partial charge is 0.260 e. The van der Waals surface area contributed by atoms with Gasteiger partial charge in [0, 0.05) is 12.2 Å². The number of aryl methyl sites for hydroxylation is 1. The highest BCUT2D eigenvalue weighted by atomic mass is 32.1. The van der Waals surface area contributed by atoms with Crippen molar-refractivity contribution in [2.24, 2.45) is 5.73 Å². The molecule has 1 amide bonds. The highest BCUT2D eigenvalue weighted by Crippen LogP contribution is 2.38. The van der Waals surface area contributed by atoms with Crippen molar-refractivity contribution in [3.05, 3.63) is 28.8 Å². The van der Waals surface area contributed by atoms with Gasteiger partial charge in [-0.15, -0.1) is 11.3 Å². The minimum atomic E-state index is -0.609. The van der Waals surface area contributed by atoms with Crippen LogP contribution in [0.2, 0.25) is 0 Å². The molecule has 0 unspecified atom stereocenters. The first-order valence-electron chi connectivity index (χ1n) is 7.46. The van der Waals surface area contributed by atoms with Gasteiger partial charge in [0.2, 0.25) is 5.95 Å². The number of aromatic nitrogens is 3. The Morgan fingerprint density at radius 2 is 2.16 bits per heavy atom. The monoisotopic (exact) mass is 353 g/mol. The Kier molecular flexibility index (Phi) is 4.45. The maximum absolute atomic E-state index is 11.6. The molecule has 8 nitrogen and oxygen atoms in total. The molecule has 0 saturated carbocycles. The van der Waals surface area contributed by atoms with Crippen molar-refractivity contribution >= 4 is 39.1 Å². The molecule has 0 aliphatic rings. The lowest BCUT2D eigenvalue weighted by atomic mass is 10.1. The van der Waals surface area contributed by atoms with Crippen LogP contribution in [0.25, 0.3) is 21.6 Å². The molecule has 0 spiro atoms. The molecule has 3 rings (SSSR count). The molecule has 5 N–H and O–H groups in total. The second-order valence-corrected chi connectivity index (χ2v) is 6.28. The number of hydrogen-bond acceptors (Lipinski definition) is 8. The fourth-order valence-corrected chi connectivity index (χ4v) is 3.32. The highest BCUT2D eigenvalue weighted by molar-refractivity contribution is 7.21. The van der Waals surface area contributed by atoms with E-state index in [2.05, 4.69) is 20.3 Å². The second kappa shape index (κ2) is 6.70. The summed E-state index contributed by atoms with van der Waals surface area (Å²) >= 11 is 1.11. The van der Waals surface area contributed by atoms with Crippen LogP contribution in [-0.2, 0) is 0 Å². The minimum Gasteiger partial charge on any atom is -0.397 e. The van der Waals surface area contributed by atoms with Crippen molar-refractivity contribution in [3.8, 4) is 17.5 Å². The van der Waals surface area contributed by atoms with Gasteiger partial charge >= 0.3 is 0 Å². The number of hydrogen-bond donors (Lipinski definition) is 3. The fraction of sp³-hybridized carbons (Fsp3) is 0.188. The summed E-state index contributed by atoms with van der Waals surface area (Å²) in [5.74, 6) is -0.263. The summed E-state index contributed by atoms with van der Waals surface area (Å²) in [4.78, 5) is 25.8. The van der Waals surface area contributed by atoms with Gasteiger partial charge in [0.15, 0.2) is 0 Å². The first-order valence-corrected chi connectivity index (χ1v) is 8.27. The van der Waals surface area contributed by atoms with E-state index >= 15 is 0 Å². The first kappa shape index (κ1) is 16.6. The second-order valence-electron chi connectivity index (χ2n) is 5.28. The van der Waals surface area contributed by atoms with Crippen LogP contribution in [0.4, 0.5) is 11.6 Å². The lowest BCUT2D eigenvalue weighted by molar-refractivity contribution is 0.100. The van der Waals surface area contributed by atoms with Crippen LogP contribution in [-0.4, -0.2) is 27.4 Å². The molecule has 3 aromatic rings. The molecule has 0 fully saturated rings. The number of carbonyl (C=O) groups is 1. The summed E-state index contributed by atoms with van der Waals surface area (Å²) in [5, 5.41) is 12.2. The third kappa shape index (κ3) is 3.20. The van der Waals surface area contributed by atoms with E-state index in [1.807, 2.05) is 31.2 Å². The molecule has 0 aliphatic heterocycles. The third-order valence-corrected chi connectivity index (χ3v) is 4.58. The van der Waals surface area contributed by atoms with Gasteiger partial charge in [0.1, 0.15) is 15.4 Å². The largest absolute Gasteiger partial charge is 0.397 e. The number of nitrogens with two attached hydrogens (primary N) is 2. The van der Waals surface area contributed by atoms with Gasteiger partial charge < -0.3 is 16.8 Å². The Bertz CT molecular complexity index is 1010. The molecule has 0 bridgehead atoms. The summed E-state index contributed by atoms with van der Waals surface area (Å²) in [6.45, 7) is 2.28. The van der Waals surface area contributed by atoms with Gasteiger partial charge in [-0.05, 0) is 19.1 Å². The molecule has 0 aliphatic carbocycles. The van der Waals surface area contributed by atoms with E-state index in [-0.39, 0.29) is 10.6 Å². The average molecular weight is 353 g/mol. The Morgan fingerprint density at radius 1 is 1.36 bits per heavy atom. The van der Waals surface area contributed by atoms with Crippen LogP contribution >= 0.6 is 11.3 Å². The van der Waals surface area contributed by atoms with Crippen LogP contribution in [0.3, 0.4) is 0 Å². The number of thiophene rings is 1. The number of anilines is 2. The molecule has 3 heterocycles. The third-order valence-electron chi connectivity index (χ3n) is 3.46. The number of pyridine rings is 1. The van der Waals surface area contributed by atoms with Crippen LogP contribution < -0.4 is 16.8 Å². The number of primary amides is 1. The standard InChI is InChI=1S/C16H15N7OS/c1-8-4-2-5-9(21-8)12-10-11(18)13(14(19)24)25-15(10)23-16(22-12)20-7-3-6-17/h2,4-5H,3,7,18H2,1H3,(H2,19,24)(H,20,22,23). The number of nitrogens with zero attached hydrogens (tertiary/aromatic N) is 4. The van der Waals surface area contributed by atoms with Crippen LogP contribution in [0.5, 0.6) is 0 Å². The molecule has 126 valence electrons. The van der Waals surface area contributed by atoms with Gasteiger partial charge in [0.25, 0.3) is 5.91 Å². The van der Waals surface area contributed by atoms with Gasteiger partial charge in [0.05, 0.1) is 29.3 Å². The Labute approximate surface area is 147 Å². The van der Waals surface area contributed by atoms with E-state index in [1.165, 1.54) is 0 Å². The van der Waals surface area contributed by atoms with E-state index < -0.39 is 5.91 Å². The van der Waals surface area contributed by atoms with E-state index in [0.29, 0.717) is 40.5 Å². The highest BCUT2D eigenvalue weighted by Gasteiger charge is 2.21. The van der Waals surface area contributed by atoms with Gasteiger partial charge in [-0.25, -0.2) is 9.97 Å². The van der Waals surface area contributed by atoms with E-state index in [4.69, 9.17) is 16.7 Å². The number of rotatable bonds is 5. The molecule has 9 heteroatoms. The maximum Gasteiger partial charge on any atom is 0.260 e. The fourth-order valence-electron chi connectivity index (χ4n) is 2.37. The van der Waals surface area contributed by atoms with E-state index in [9.17, 15) is 4.79 Å². The first-order chi connectivity index (χ1) is 12.0. The lowest BCUT2D eigenvalue weighted by Crippen LogP contribution is -2.10. The van der Waals surface area contributed by atoms with Gasteiger partial charge in [-0.3, -0.25) is 9.78 Å². The number of amides is 1. The normalized spacial score (nSPS) is 10.6. The van der Waals surface area contributed by atoms with Crippen molar-refractivity contribution < 1.29 is 4.79 Å². The van der Waals surface area contributed by atoms with Crippen LogP contribution in [0, 0.1) is 18.3 Å². The molecular formula is C16H15N7OS. The average Bonchev–Trinajstić information content (AvgIpc) is 2.92. The summed E-state index contributed by atoms with van der Waals surface area (Å²) in [5.41, 5.74) is 13.8. The maximum atomic E-state index is 11.6. The summed E-state index contributed by atoms with van der Waals surface area (Å²) in [7, 11) is 0. The number of nitrogens with one attached hydrogen (secondary N) is 1. The molecule has 0 saturated heterocycles. The van der Waals surface area contributed by atoms with Crippen molar-refractivity contribution in [1.29, 1.82) is 5.26 Å². The predicted octanol–water partition coefficient (Wildman–Crippen LogP) is 2.07. The molecule has 0 atom stereocenters. The molecule has 0 aromatic carbocycles. The molecular weight excluding hydrogens is 338 g/mol. The molecule has 0 radical (unpaired) electrons. The quantitative estimate of drug-likeness (QED) is 0.595. The zero-order chi connectivity index (χ0) is 18.0. The van der Waals surface area contributed by atoms with Crippen molar-refractivity contribution in [1.82, 2.24) is 15.0 Å². The Morgan fingerprint density at radius 3 is 2.84 bits per heavy atom.